The Kier molecular flexibility index (Phi) is 5.02. The number of thiophene rings is 1. The van der Waals surface area contributed by atoms with E-state index in [0.29, 0.717) is 23.2 Å². The van der Waals surface area contributed by atoms with Gasteiger partial charge >= 0.3 is 0 Å². The van der Waals surface area contributed by atoms with E-state index in [0.717, 1.165) is 40.9 Å². The van der Waals surface area contributed by atoms with Crippen LogP contribution in [0, 0.1) is 0 Å². The van der Waals surface area contributed by atoms with Crippen molar-refractivity contribution in [1.29, 1.82) is 0 Å². The highest BCUT2D eigenvalue weighted by Crippen LogP contribution is 2.33. The summed E-state index contributed by atoms with van der Waals surface area (Å²) in [6, 6.07) is 11.2. The summed E-state index contributed by atoms with van der Waals surface area (Å²) < 4.78 is 1.63. The number of likely N-dealkylation sites (N-methyl/N-ethyl adjacent to an activating group) is 1. The highest BCUT2D eigenvalue weighted by Gasteiger charge is 2.24. The number of pyridine rings is 1. The first kappa shape index (κ1) is 19.2. The average Bonchev–Trinajstić information content (AvgIpc) is 3.10. The Morgan fingerprint density at radius 1 is 1.27 bits per heavy atom. The van der Waals surface area contributed by atoms with Gasteiger partial charge in [-0.3, -0.25) is 9.78 Å². The molecule has 0 atom stereocenters. The Bertz CT molecular complexity index is 1280. The zero-order valence-corrected chi connectivity index (χ0v) is 18.0. The third-order valence-electron chi connectivity index (χ3n) is 5.31. The van der Waals surface area contributed by atoms with Crippen molar-refractivity contribution in [1.82, 2.24) is 19.4 Å². The number of nitrogens with zero attached hydrogens (tertiary/aromatic N) is 4. The fourth-order valence-electron chi connectivity index (χ4n) is 3.83. The van der Waals surface area contributed by atoms with E-state index in [-0.39, 0.29) is 5.56 Å². The second-order valence-electron chi connectivity index (χ2n) is 7.44. The molecule has 6 nitrogen and oxygen atoms in total. The van der Waals surface area contributed by atoms with Crippen LogP contribution in [0.1, 0.15) is 16.0 Å². The minimum atomic E-state index is -0.0574. The van der Waals surface area contributed by atoms with Crippen LogP contribution in [0.3, 0.4) is 0 Å². The molecule has 0 bridgehead atoms. The minimum Gasteiger partial charge on any atom is -0.351 e. The van der Waals surface area contributed by atoms with Gasteiger partial charge in [0.2, 0.25) is 5.95 Å². The van der Waals surface area contributed by atoms with Gasteiger partial charge in [0.05, 0.1) is 11.1 Å². The van der Waals surface area contributed by atoms with Gasteiger partial charge in [-0.15, -0.1) is 11.3 Å². The van der Waals surface area contributed by atoms with Gasteiger partial charge in [0, 0.05) is 41.9 Å². The third kappa shape index (κ3) is 3.49. The summed E-state index contributed by atoms with van der Waals surface area (Å²) in [5, 5.41) is 4.64. The summed E-state index contributed by atoms with van der Waals surface area (Å²) in [5.41, 5.74) is 2.79. The Morgan fingerprint density at radius 3 is 2.97 bits per heavy atom. The molecule has 4 heterocycles. The molecular weight excluding hydrogens is 418 g/mol. The molecule has 152 valence electrons. The van der Waals surface area contributed by atoms with Crippen LogP contribution < -0.4 is 10.9 Å². The molecule has 1 N–H and O–H groups in total. The van der Waals surface area contributed by atoms with E-state index >= 15 is 0 Å². The first-order valence-corrected chi connectivity index (χ1v) is 10.9. The Balaban J connectivity index is 1.68. The predicted molar refractivity (Wildman–Crippen MR) is 122 cm³/mol. The van der Waals surface area contributed by atoms with Crippen LogP contribution in [0.5, 0.6) is 0 Å². The van der Waals surface area contributed by atoms with Gasteiger partial charge in [-0.25, -0.2) is 9.55 Å². The van der Waals surface area contributed by atoms with Gasteiger partial charge < -0.3 is 10.2 Å². The van der Waals surface area contributed by atoms with Crippen LogP contribution in [0.15, 0.2) is 53.6 Å². The maximum absolute atomic E-state index is 13.7. The summed E-state index contributed by atoms with van der Waals surface area (Å²) in [6.45, 7) is 2.31. The van der Waals surface area contributed by atoms with E-state index in [4.69, 9.17) is 16.6 Å². The number of rotatable bonds is 4. The first-order valence-electron chi connectivity index (χ1n) is 9.75. The number of halogens is 1. The van der Waals surface area contributed by atoms with E-state index < -0.39 is 0 Å². The van der Waals surface area contributed by atoms with Gasteiger partial charge in [0.1, 0.15) is 4.83 Å². The van der Waals surface area contributed by atoms with E-state index in [9.17, 15) is 4.79 Å². The number of aromatic nitrogens is 3. The fraction of sp³-hybridized carbons (Fsp3) is 0.227. The number of nitrogens with one attached hydrogen (secondary N) is 1. The van der Waals surface area contributed by atoms with Gasteiger partial charge in [-0.05, 0) is 48.9 Å². The van der Waals surface area contributed by atoms with Crippen molar-refractivity contribution in [3.63, 3.8) is 0 Å². The van der Waals surface area contributed by atoms with Crippen LogP contribution in [-0.4, -0.2) is 33.0 Å². The van der Waals surface area contributed by atoms with E-state index in [1.54, 1.807) is 40.4 Å². The molecule has 0 fully saturated rings. The molecule has 4 aromatic rings. The molecule has 30 heavy (non-hydrogen) atoms. The predicted octanol–water partition coefficient (Wildman–Crippen LogP) is 4.10. The molecule has 0 spiro atoms. The topological polar surface area (TPSA) is 63.1 Å². The van der Waals surface area contributed by atoms with E-state index in [1.165, 1.54) is 4.88 Å². The summed E-state index contributed by atoms with van der Waals surface area (Å²) in [7, 11) is 2.10. The van der Waals surface area contributed by atoms with Crippen molar-refractivity contribution in [2.24, 2.45) is 0 Å². The van der Waals surface area contributed by atoms with Gasteiger partial charge in [0.25, 0.3) is 5.56 Å². The standard InChI is InChI=1S/C22H20ClN5OS/c1-27-9-7-17-18(13-27)30-20-19(17)21(29)28(16-6-2-5-15(23)10-16)22(26-20)25-12-14-4-3-8-24-11-14/h2-6,8,10-11H,7,9,12-13H2,1H3,(H,25,26). The van der Waals surface area contributed by atoms with Crippen molar-refractivity contribution in [2.75, 3.05) is 18.9 Å². The Hall–Kier alpha value is -2.74. The van der Waals surface area contributed by atoms with Crippen LogP contribution in [0.25, 0.3) is 15.9 Å². The summed E-state index contributed by atoms with van der Waals surface area (Å²) in [5.74, 6) is 0.505. The van der Waals surface area contributed by atoms with Gasteiger partial charge in [0.15, 0.2) is 0 Å². The quantitative estimate of drug-likeness (QED) is 0.521. The molecular formula is C22H20ClN5OS. The molecule has 0 saturated heterocycles. The smallest absolute Gasteiger partial charge is 0.268 e. The normalized spacial score (nSPS) is 14.1. The number of hydrogen-bond donors (Lipinski definition) is 1. The summed E-state index contributed by atoms with van der Waals surface area (Å²) in [4.78, 5) is 27.0. The highest BCUT2D eigenvalue weighted by molar-refractivity contribution is 7.18. The second-order valence-corrected chi connectivity index (χ2v) is 8.96. The third-order valence-corrected chi connectivity index (χ3v) is 6.65. The van der Waals surface area contributed by atoms with Crippen LogP contribution in [0.2, 0.25) is 5.02 Å². The largest absolute Gasteiger partial charge is 0.351 e. The lowest BCUT2D eigenvalue weighted by Crippen LogP contribution is -2.27. The fourth-order valence-corrected chi connectivity index (χ4v) is 5.30. The lowest BCUT2D eigenvalue weighted by atomic mass is 10.1. The molecule has 0 radical (unpaired) electrons. The van der Waals surface area contributed by atoms with Crippen LogP contribution in [-0.2, 0) is 19.5 Å². The molecule has 1 aliphatic rings. The van der Waals surface area contributed by atoms with Gasteiger partial charge in [-0.1, -0.05) is 23.7 Å². The Labute approximate surface area is 182 Å². The van der Waals surface area contributed by atoms with Gasteiger partial charge in [-0.2, -0.15) is 0 Å². The maximum atomic E-state index is 13.7. The minimum absolute atomic E-state index is 0.0574. The number of fused-ring (bicyclic) bond motifs is 3. The SMILES string of the molecule is CN1CCc2c(sc3nc(NCc4cccnc4)n(-c4cccc(Cl)c4)c(=O)c23)C1. The summed E-state index contributed by atoms with van der Waals surface area (Å²) in [6.07, 6.45) is 4.40. The monoisotopic (exact) mass is 437 g/mol. The van der Waals surface area contributed by atoms with Crippen molar-refractivity contribution < 1.29 is 0 Å². The molecule has 0 unspecified atom stereocenters. The summed E-state index contributed by atoms with van der Waals surface area (Å²) >= 11 is 7.85. The van der Waals surface area contributed by atoms with Crippen molar-refractivity contribution in [3.8, 4) is 5.69 Å². The number of hydrogen-bond acceptors (Lipinski definition) is 6. The van der Waals surface area contributed by atoms with Crippen LogP contribution in [0.4, 0.5) is 5.95 Å². The number of anilines is 1. The van der Waals surface area contributed by atoms with Crippen molar-refractivity contribution >= 4 is 39.1 Å². The average molecular weight is 438 g/mol. The first-order chi connectivity index (χ1) is 14.6. The molecule has 0 saturated carbocycles. The molecule has 1 aliphatic heterocycles. The molecule has 8 heteroatoms. The molecule has 1 aromatic carbocycles. The zero-order valence-electron chi connectivity index (χ0n) is 16.4. The lowest BCUT2D eigenvalue weighted by Gasteiger charge is -2.21. The molecule has 3 aromatic heterocycles. The number of benzene rings is 1. The lowest BCUT2D eigenvalue weighted by molar-refractivity contribution is 0.318. The molecule has 5 rings (SSSR count). The van der Waals surface area contributed by atoms with E-state index in [1.807, 2.05) is 24.3 Å². The Morgan fingerprint density at radius 2 is 2.17 bits per heavy atom. The van der Waals surface area contributed by atoms with E-state index in [2.05, 4.69) is 22.2 Å². The second kappa shape index (κ2) is 7.83. The zero-order chi connectivity index (χ0) is 20.7. The van der Waals surface area contributed by atoms with Crippen LogP contribution >= 0.6 is 22.9 Å². The molecule has 0 aliphatic carbocycles. The van der Waals surface area contributed by atoms with Crippen molar-refractivity contribution in [2.45, 2.75) is 19.5 Å². The highest BCUT2D eigenvalue weighted by atomic mass is 35.5. The maximum Gasteiger partial charge on any atom is 0.268 e. The molecule has 0 amide bonds. The van der Waals surface area contributed by atoms with Crippen molar-refractivity contribution in [3.05, 3.63) is 80.2 Å².